The highest BCUT2D eigenvalue weighted by atomic mass is 19.4. The molecule has 0 nitrogen and oxygen atoms in total. The lowest BCUT2D eigenvalue weighted by Crippen LogP contribution is -2.16. The van der Waals surface area contributed by atoms with Gasteiger partial charge >= 0.3 is 6.18 Å². The van der Waals surface area contributed by atoms with Crippen molar-refractivity contribution in [2.24, 2.45) is 0 Å². The monoisotopic (exact) mass is 418 g/mol. The van der Waals surface area contributed by atoms with Gasteiger partial charge in [0.05, 0.1) is 5.56 Å². The first kappa shape index (κ1) is 20.1. The molecule has 0 fully saturated rings. The molecule has 2 aliphatic carbocycles. The molecule has 0 heterocycles. The largest absolute Gasteiger partial charge is 0.416 e. The highest BCUT2D eigenvalue weighted by Gasteiger charge is 2.31. The number of hydrogen-bond donors (Lipinski definition) is 0. The van der Waals surface area contributed by atoms with Gasteiger partial charge in [-0.2, -0.15) is 13.2 Å². The van der Waals surface area contributed by atoms with Crippen LogP contribution in [-0.2, 0) is 25.4 Å². The summed E-state index contributed by atoms with van der Waals surface area (Å²) in [4.78, 5) is 0. The summed E-state index contributed by atoms with van der Waals surface area (Å²) in [6.45, 7) is 2.12. The zero-order chi connectivity index (χ0) is 21.6. The smallest absolute Gasteiger partial charge is 0.166 e. The summed E-state index contributed by atoms with van der Waals surface area (Å²) in [6.07, 6.45) is 4.75. The molecule has 0 aliphatic heterocycles. The molecule has 1 atom stereocenters. The second-order valence-electron chi connectivity index (χ2n) is 8.83. The summed E-state index contributed by atoms with van der Waals surface area (Å²) < 4.78 is 39.4. The van der Waals surface area contributed by atoms with Gasteiger partial charge in [0.25, 0.3) is 0 Å². The summed E-state index contributed by atoms with van der Waals surface area (Å²) in [5.41, 5.74) is 9.61. The molecule has 0 spiro atoms. The number of allylic oxidation sites excluding steroid dienone is 1. The van der Waals surface area contributed by atoms with Crippen LogP contribution in [-0.4, -0.2) is 0 Å². The minimum Gasteiger partial charge on any atom is -0.166 e. The Kier molecular flexibility index (Phi) is 5.00. The molecule has 5 rings (SSSR count). The molecule has 31 heavy (non-hydrogen) atoms. The fourth-order valence-corrected chi connectivity index (χ4v) is 5.20. The van der Waals surface area contributed by atoms with Crippen molar-refractivity contribution in [3.8, 4) is 11.1 Å². The van der Waals surface area contributed by atoms with Crippen LogP contribution < -0.4 is 0 Å². The number of alkyl halides is 3. The van der Waals surface area contributed by atoms with Gasteiger partial charge in [-0.05, 0) is 90.0 Å². The van der Waals surface area contributed by atoms with Crippen molar-refractivity contribution < 1.29 is 13.2 Å². The third-order valence-corrected chi connectivity index (χ3v) is 6.75. The Morgan fingerprint density at radius 1 is 0.935 bits per heavy atom. The standard InChI is InChI=1S/C28H25F3/c1-18-9-13-24-21(11-10-19-5-4-7-22(16-19)28(29,30)31)17-27-23-8-3-2-6-20(23)12-14-25(27)26(24)15-18/h2,4-7,9,12-16,21H,3,8,10-11,17H2,1H3. The van der Waals surface area contributed by atoms with Crippen molar-refractivity contribution in [2.75, 3.05) is 0 Å². The fourth-order valence-electron chi connectivity index (χ4n) is 5.20. The van der Waals surface area contributed by atoms with Crippen LogP contribution in [0, 0.1) is 6.92 Å². The van der Waals surface area contributed by atoms with Gasteiger partial charge in [0.2, 0.25) is 0 Å². The summed E-state index contributed by atoms with van der Waals surface area (Å²) in [6, 6.07) is 16.9. The minimum absolute atomic E-state index is 0.315. The molecule has 158 valence electrons. The third-order valence-electron chi connectivity index (χ3n) is 6.75. The highest BCUT2D eigenvalue weighted by molar-refractivity contribution is 5.78. The number of halogens is 3. The Morgan fingerprint density at radius 2 is 1.81 bits per heavy atom. The number of aryl methyl sites for hydroxylation is 2. The van der Waals surface area contributed by atoms with Crippen LogP contribution in [0.2, 0.25) is 0 Å². The van der Waals surface area contributed by atoms with E-state index in [0.717, 1.165) is 37.3 Å². The van der Waals surface area contributed by atoms with Gasteiger partial charge < -0.3 is 0 Å². The van der Waals surface area contributed by atoms with Crippen molar-refractivity contribution in [3.63, 3.8) is 0 Å². The maximum absolute atomic E-state index is 13.1. The number of hydrogen-bond acceptors (Lipinski definition) is 0. The van der Waals surface area contributed by atoms with E-state index in [2.05, 4.69) is 49.4 Å². The van der Waals surface area contributed by atoms with Crippen LogP contribution in [0.3, 0.4) is 0 Å². The predicted molar refractivity (Wildman–Crippen MR) is 120 cm³/mol. The van der Waals surface area contributed by atoms with E-state index in [1.54, 1.807) is 0 Å². The molecule has 0 radical (unpaired) electrons. The molecule has 3 heteroatoms. The summed E-state index contributed by atoms with van der Waals surface area (Å²) in [7, 11) is 0. The van der Waals surface area contributed by atoms with E-state index in [-0.39, 0.29) is 0 Å². The predicted octanol–water partition coefficient (Wildman–Crippen LogP) is 7.91. The average molecular weight is 419 g/mol. The lowest BCUT2D eigenvalue weighted by atomic mass is 9.73. The van der Waals surface area contributed by atoms with Gasteiger partial charge in [-0.15, -0.1) is 0 Å². The van der Waals surface area contributed by atoms with Crippen molar-refractivity contribution in [1.29, 1.82) is 0 Å². The fraction of sp³-hybridized carbons (Fsp3) is 0.286. The number of rotatable bonds is 3. The Bertz CT molecular complexity index is 1170. The quantitative estimate of drug-likeness (QED) is 0.405. The van der Waals surface area contributed by atoms with Gasteiger partial charge in [-0.3, -0.25) is 0 Å². The maximum Gasteiger partial charge on any atom is 0.416 e. The van der Waals surface area contributed by atoms with Crippen molar-refractivity contribution in [3.05, 3.63) is 99.6 Å². The van der Waals surface area contributed by atoms with Gasteiger partial charge in [0, 0.05) is 0 Å². The van der Waals surface area contributed by atoms with E-state index in [9.17, 15) is 13.2 Å². The zero-order valence-corrected chi connectivity index (χ0v) is 17.6. The molecule has 0 N–H and O–H groups in total. The molecule has 0 saturated carbocycles. The van der Waals surface area contributed by atoms with Crippen LogP contribution in [0.1, 0.15) is 57.7 Å². The van der Waals surface area contributed by atoms with Crippen LogP contribution in [0.4, 0.5) is 13.2 Å². The van der Waals surface area contributed by atoms with Crippen LogP contribution in [0.15, 0.2) is 60.7 Å². The van der Waals surface area contributed by atoms with Gasteiger partial charge in [0.1, 0.15) is 0 Å². The van der Waals surface area contributed by atoms with Gasteiger partial charge in [0.15, 0.2) is 0 Å². The lowest BCUT2D eigenvalue weighted by molar-refractivity contribution is -0.137. The molecule has 0 saturated heterocycles. The van der Waals surface area contributed by atoms with E-state index in [1.807, 2.05) is 6.07 Å². The topological polar surface area (TPSA) is 0 Å². The van der Waals surface area contributed by atoms with Crippen molar-refractivity contribution in [1.82, 2.24) is 0 Å². The SMILES string of the molecule is Cc1ccc2c(c1)-c1ccc3c(c1CC2CCc1cccc(C(F)(F)F)c1)CCC=C3. The van der Waals surface area contributed by atoms with E-state index < -0.39 is 11.7 Å². The van der Waals surface area contributed by atoms with E-state index in [1.165, 1.54) is 51.1 Å². The van der Waals surface area contributed by atoms with Crippen molar-refractivity contribution in [2.45, 2.75) is 51.1 Å². The molecular formula is C28H25F3. The molecule has 3 aromatic carbocycles. The normalized spacial score (nSPS) is 17.1. The van der Waals surface area contributed by atoms with Gasteiger partial charge in [-0.25, -0.2) is 0 Å². The first-order valence-electron chi connectivity index (χ1n) is 11.0. The molecule has 2 aliphatic rings. The Morgan fingerprint density at radius 3 is 2.65 bits per heavy atom. The first-order valence-corrected chi connectivity index (χ1v) is 11.0. The Balaban J connectivity index is 1.49. The van der Waals surface area contributed by atoms with E-state index in [0.29, 0.717) is 12.3 Å². The van der Waals surface area contributed by atoms with E-state index >= 15 is 0 Å². The maximum atomic E-state index is 13.1. The minimum atomic E-state index is -4.30. The Hall–Kier alpha value is -2.81. The summed E-state index contributed by atoms with van der Waals surface area (Å²) in [5.74, 6) is 0.315. The van der Waals surface area contributed by atoms with Crippen LogP contribution >= 0.6 is 0 Å². The summed E-state index contributed by atoms with van der Waals surface area (Å²) in [5, 5.41) is 0. The second kappa shape index (κ2) is 7.71. The van der Waals surface area contributed by atoms with Gasteiger partial charge in [-0.1, -0.05) is 66.2 Å². The molecule has 0 aromatic heterocycles. The van der Waals surface area contributed by atoms with E-state index in [4.69, 9.17) is 0 Å². The molecule has 0 amide bonds. The second-order valence-corrected chi connectivity index (χ2v) is 8.83. The molecule has 1 unspecified atom stereocenters. The molecular weight excluding hydrogens is 393 g/mol. The van der Waals surface area contributed by atoms with Crippen molar-refractivity contribution >= 4 is 6.08 Å². The highest BCUT2D eigenvalue weighted by Crippen LogP contribution is 2.45. The number of benzene rings is 3. The van der Waals surface area contributed by atoms with Crippen LogP contribution in [0.25, 0.3) is 17.2 Å². The summed E-state index contributed by atoms with van der Waals surface area (Å²) >= 11 is 0. The first-order chi connectivity index (χ1) is 14.9. The zero-order valence-electron chi connectivity index (χ0n) is 17.6. The van der Waals surface area contributed by atoms with Crippen LogP contribution in [0.5, 0.6) is 0 Å². The molecule has 3 aromatic rings. The Labute approximate surface area is 181 Å². The average Bonchev–Trinajstić information content (AvgIpc) is 2.76. The number of fused-ring (bicyclic) bond motifs is 5. The third kappa shape index (κ3) is 3.82. The molecule has 0 bridgehead atoms. The lowest BCUT2D eigenvalue weighted by Gasteiger charge is -2.31.